The van der Waals surface area contributed by atoms with Crippen molar-refractivity contribution in [1.82, 2.24) is 15.2 Å². The van der Waals surface area contributed by atoms with E-state index in [4.69, 9.17) is 4.74 Å². The number of hydrogen-bond donors (Lipinski definition) is 1. The highest BCUT2D eigenvalue weighted by Crippen LogP contribution is 2.26. The van der Waals surface area contributed by atoms with Gasteiger partial charge in [0.15, 0.2) is 0 Å². The average molecular weight is 317 g/mol. The molecule has 0 radical (unpaired) electrons. The summed E-state index contributed by atoms with van der Waals surface area (Å²) in [5.74, 6) is 0.830. The maximum absolute atomic E-state index is 12.6. The lowest BCUT2D eigenvalue weighted by molar-refractivity contribution is 0.0650. The average Bonchev–Trinajstić information content (AvgIpc) is 3.05. The van der Waals surface area contributed by atoms with Crippen LogP contribution >= 0.6 is 11.3 Å². The molecule has 1 unspecified atom stereocenters. The Balaban J connectivity index is 1.79. The molecule has 1 aromatic heterocycles. The summed E-state index contributed by atoms with van der Waals surface area (Å²) in [5.41, 5.74) is 1.53. The first-order chi connectivity index (χ1) is 10.7. The molecule has 5 nitrogen and oxygen atoms in total. The van der Waals surface area contributed by atoms with Crippen LogP contribution in [0.3, 0.4) is 0 Å². The van der Waals surface area contributed by atoms with Gasteiger partial charge in [0.2, 0.25) is 0 Å². The highest BCUT2D eigenvalue weighted by molar-refractivity contribution is 7.13. The third kappa shape index (κ3) is 2.98. The van der Waals surface area contributed by atoms with Gasteiger partial charge in [-0.25, -0.2) is 4.98 Å². The van der Waals surface area contributed by atoms with Crippen LogP contribution in [0, 0.1) is 0 Å². The molecule has 2 heterocycles. The fourth-order valence-electron chi connectivity index (χ4n) is 2.53. The number of carbonyl (C=O) groups is 1. The van der Waals surface area contributed by atoms with Crippen LogP contribution in [-0.2, 0) is 0 Å². The normalized spacial score (nSPS) is 18.3. The van der Waals surface area contributed by atoms with Crippen molar-refractivity contribution in [3.8, 4) is 16.3 Å². The number of ether oxygens (including phenoxy) is 1. The van der Waals surface area contributed by atoms with Crippen LogP contribution in [0.2, 0.25) is 0 Å². The van der Waals surface area contributed by atoms with Crippen molar-refractivity contribution in [2.75, 3.05) is 26.7 Å². The molecule has 116 valence electrons. The van der Waals surface area contributed by atoms with Crippen LogP contribution in [0.1, 0.15) is 17.4 Å². The Hall–Kier alpha value is -1.92. The van der Waals surface area contributed by atoms with E-state index in [1.54, 1.807) is 7.11 Å². The number of nitrogens with zero attached hydrogens (tertiary/aromatic N) is 2. The molecule has 0 aliphatic carbocycles. The summed E-state index contributed by atoms with van der Waals surface area (Å²) >= 11 is 1.49. The van der Waals surface area contributed by atoms with Crippen molar-refractivity contribution in [3.05, 3.63) is 35.3 Å². The van der Waals surface area contributed by atoms with Gasteiger partial charge in [-0.1, -0.05) is 0 Å². The molecule has 22 heavy (non-hydrogen) atoms. The van der Waals surface area contributed by atoms with E-state index in [0.29, 0.717) is 5.69 Å². The first-order valence-electron chi connectivity index (χ1n) is 7.30. The van der Waals surface area contributed by atoms with Crippen molar-refractivity contribution in [3.63, 3.8) is 0 Å². The van der Waals surface area contributed by atoms with E-state index >= 15 is 0 Å². The first-order valence-corrected chi connectivity index (χ1v) is 8.18. The van der Waals surface area contributed by atoms with Crippen LogP contribution in [0.5, 0.6) is 5.75 Å². The summed E-state index contributed by atoms with van der Waals surface area (Å²) in [6, 6.07) is 7.92. The van der Waals surface area contributed by atoms with Crippen molar-refractivity contribution in [2.24, 2.45) is 0 Å². The second kappa shape index (κ2) is 6.46. The smallest absolute Gasteiger partial charge is 0.273 e. The van der Waals surface area contributed by atoms with Gasteiger partial charge in [-0.2, -0.15) is 0 Å². The van der Waals surface area contributed by atoms with Gasteiger partial charge in [-0.05, 0) is 31.2 Å². The SMILES string of the molecule is COc1ccc(-c2nc(C(=O)N3CCNCC3C)cs2)cc1. The number of nitrogens with one attached hydrogen (secondary N) is 1. The summed E-state index contributed by atoms with van der Waals surface area (Å²) in [6.07, 6.45) is 0. The lowest BCUT2D eigenvalue weighted by Gasteiger charge is -2.33. The predicted octanol–water partition coefficient (Wildman–Crippen LogP) is 2.25. The van der Waals surface area contributed by atoms with E-state index in [9.17, 15) is 4.79 Å². The van der Waals surface area contributed by atoms with E-state index in [-0.39, 0.29) is 11.9 Å². The predicted molar refractivity (Wildman–Crippen MR) is 87.5 cm³/mol. The zero-order valence-corrected chi connectivity index (χ0v) is 13.5. The zero-order valence-electron chi connectivity index (χ0n) is 12.7. The van der Waals surface area contributed by atoms with Crippen LogP contribution in [0.25, 0.3) is 10.6 Å². The largest absolute Gasteiger partial charge is 0.497 e. The summed E-state index contributed by atoms with van der Waals surface area (Å²) in [7, 11) is 1.64. The second-order valence-electron chi connectivity index (χ2n) is 5.32. The molecule has 1 aliphatic heterocycles. The third-order valence-corrected chi connectivity index (χ3v) is 4.71. The van der Waals surface area contributed by atoms with Gasteiger partial charge in [0.1, 0.15) is 16.5 Å². The molecular weight excluding hydrogens is 298 g/mol. The molecule has 0 bridgehead atoms. The van der Waals surface area contributed by atoms with Crippen molar-refractivity contribution >= 4 is 17.2 Å². The highest BCUT2D eigenvalue weighted by atomic mass is 32.1. The molecule has 0 spiro atoms. The van der Waals surface area contributed by atoms with E-state index < -0.39 is 0 Å². The Morgan fingerprint density at radius 2 is 2.18 bits per heavy atom. The number of rotatable bonds is 3. The van der Waals surface area contributed by atoms with Gasteiger partial charge >= 0.3 is 0 Å². The molecule has 1 aliphatic rings. The van der Waals surface area contributed by atoms with Gasteiger partial charge < -0.3 is 15.0 Å². The summed E-state index contributed by atoms with van der Waals surface area (Å²) < 4.78 is 5.16. The molecule has 1 N–H and O–H groups in total. The molecule has 2 aromatic rings. The number of hydrogen-bond acceptors (Lipinski definition) is 5. The van der Waals surface area contributed by atoms with Crippen molar-refractivity contribution in [1.29, 1.82) is 0 Å². The quantitative estimate of drug-likeness (QED) is 0.943. The van der Waals surface area contributed by atoms with Gasteiger partial charge in [0, 0.05) is 36.6 Å². The molecule has 1 fully saturated rings. The van der Waals surface area contributed by atoms with Crippen molar-refractivity contribution < 1.29 is 9.53 Å². The topological polar surface area (TPSA) is 54.5 Å². The van der Waals surface area contributed by atoms with E-state index in [1.807, 2.05) is 34.5 Å². The van der Waals surface area contributed by atoms with E-state index in [1.165, 1.54) is 11.3 Å². The second-order valence-corrected chi connectivity index (χ2v) is 6.18. The Morgan fingerprint density at radius 1 is 1.41 bits per heavy atom. The maximum Gasteiger partial charge on any atom is 0.273 e. The Morgan fingerprint density at radius 3 is 2.86 bits per heavy atom. The number of amides is 1. The number of benzene rings is 1. The van der Waals surface area contributed by atoms with Crippen LogP contribution in [0.4, 0.5) is 0 Å². The number of piperazine rings is 1. The van der Waals surface area contributed by atoms with E-state index in [2.05, 4.69) is 17.2 Å². The fourth-order valence-corrected chi connectivity index (χ4v) is 3.33. The Bertz CT molecular complexity index is 654. The Labute approximate surface area is 133 Å². The van der Waals surface area contributed by atoms with Gasteiger partial charge in [0.25, 0.3) is 5.91 Å². The zero-order chi connectivity index (χ0) is 15.5. The first kappa shape index (κ1) is 15.0. The molecule has 3 rings (SSSR count). The standard InChI is InChI=1S/C16H19N3O2S/c1-11-9-17-7-8-19(11)16(20)14-10-22-15(18-14)12-3-5-13(21-2)6-4-12/h3-6,10-11,17H,7-9H2,1-2H3. The minimum atomic E-state index is 0.0185. The molecule has 1 saturated heterocycles. The van der Waals surface area contributed by atoms with Gasteiger partial charge in [-0.15, -0.1) is 11.3 Å². The van der Waals surface area contributed by atoms with Crippen LogP contribution in [0.15, 0.2) is 29.6 Å². The van der Waals surface area contributed by atoms with Gasteiger partial charge in [-0.3, -0.25) is 4.79 Å². The molecule has 0 saturated carbocycles. The minimum Gasteiger partial charge on any atom is -0.497 e. The summed E-state index contributed by atoms with van der Waals surface area (Å²) in [4.78, 5) is 19.0. The maximum atomic E-state index is 12.6. The molecule has 1 aromatic carbocycles. The van der Waals surface area contributed by atoms with Gasteiger partial charge in [0.05, 0.1) is 7.11 Å². The van der Waals surface area contributed by atoms with Crippen LogP contribution in [-0.4, -0.2) is 48.6 Å². The summed E-state index contributed by atoms with van der Waals surface area (Å²) in [6.45, 7) is 4.46. The number of thiazole rings is 1. The van der Waals surface area contributed by atoms with E-state index in [0.717, 1.165) is 36.0 Å². The number of aromatic nitrogens is 1. The fraction of sp³-hybridized carbons (Fsp3) is 0.375. The number of methoxy groups -OCH3 is 1. The lowest BCUT2D eigenvalue weighted by Crippen LogP contribution is -2.52. The lowest BCUT2D eigenvalue weighted by atomic mass is 10.2. The van der Waals surface area contributed by atoms with Crippen molar-refractivity contribution in [2.45, 2.75) is 13.0 Å². The summed E-state index contributed by atoms with van der Waals surface area (Å²) in [5, 5.41) is 5.99. The minimum absolute atomic E-state index is 0.0185. The molecule has 1 atom stereocenters. The monoisotopic (exact) mass is 317 g/mol. The number of carbonyl (C=O) groups excluding carboxylic acids is 1. The third-order valence-electron chi connectivity index (χ3n) is 3.82. The molecular formula is C16H19N3O2S. The highest BCUT2D eigenvalue weighted by Gasteiger charge is 2.25. The Kier molecular flexibility index (Phi) is 4.40. The molecule has 1 amide bonds. The molecule has 6 heteroatoms. The van der Waals surface area contributed by atoms with Crippen LogP contribution < -0.4 is 10.1 Å².